The van der Waals surface area contributed by atoms with E-state index < -0.39 is 27.8 Å². The minimum Gasteiger partial charge on any atom is -0.322 e. The normalized spacial score (nSPS) is 17.9. The smallest absolute Gasteiger partial charge is 0.243 e. The summed E-state index contributed by atoms with van der Waals surface area (Å²) in [6.07, 6.45) is 1.68. The number of carbonyl (C=O) groups excluding carboxylic acids is 2. The highest BCUT2D eigenvalue weighted by atomic mass is 32.2. The van der Waals surface area contributed by atoms with Gasteiger partial charge in [-0.25, -0.2) is 12.8 Å². The van der Waals surface area contributed by atoms with E-state index >= 15 is 0 Å². The molecule has 0 aliphatic carbocycles. The molecule has 1 fully saturated rings. The van der Waals surface area contributed by atoms with Crippen LogP contribution in [0.15, 0.2) is 53.4 Å². The first-order valence-corrected chi connectivity index (χ1v) is 10.4. The number of nitrogens with zero attached hydrogens (tertiary/aromatic N) is 1. The third-order valence-electron chi connectivity index (χ3n) is 4.76. The molecule has 2 aromatic carbocycles. The monoisotopic (exact) mass is 404 g/mol. The molecule has 28 heavy (non-hydrogen) atoms. The Morgan fingerprint density at radius 3 is 2.39 bits per heavy atom. The summed E-state index contributed by atoms with van der Waals surface area (Å²) in [6, 6.07) is 10.5. The van der Waals surface area contributed by atoms with Crippen molar-refractivity contribution in [2.75, 3.05) is 11.9 Å². The molecule has 6 nitrogen and oxygen atoms in total. The number of benzene rings is 2. The lowest BCUT2D eigenvalue weighted by Gasteiger charge is -2.33. The average molecular weight is 404 g/mol. The molecule has 1 amide bonds. The number of Topliss-reactive ketones (excluding diaryl/α,β-unsaturated/α-hetero) is 1. The molecule has 0 bridgehead atoms. The van der Waals surface area contributed by atoms with Gasteiger partial charge < -0.3 is 5.32 Å². The first kappa shape index (κ1) is 20.2. The topological polar surface area (TPSA) is 83.6 Å². The number of rotatable bonds is 5. The van der Waals surface area contributed by atoms with Gasteiger partial charge in [0.05, 0.1) is 10.6 Å². The molecule has 1 N–H and O–H groups in total. The van der Waals surface area contributed by atoms with E-state index in [1.54, 1.807) is 6.07 Å². The van der Waals surface area contributed by atoms with Crippen LogP contribution in [0.25, 0.3) is 0 Å². The van der Waals surface area contributed by atoms with Gasteiger partial charge in [-0.2, -0.15) is 4.31 Å². The predicted octanol–water partition coefficient (Wildman–Crippen LogP) is 3.21. The second kappa shape index (κ2) is 8.20. The van der Waals surface area contributed by atoms with E-state index in [0.29, 0.717) is 24.8 Å². The first-order valence-electron chi connectivity index (χ1n) is 8.99. The molecule has 2 aromatic rings. The van der Waals surface area contributed by atoms with Gasteiger partial charge in [0.15, 0.2) is 5.78 Å². The van der Waals surface area contributed by atoms with Gasteiger partial charge in [0, 0.05) is 12.1 Å². The zero-order chi connectivity index (χ0) is 20.3. The minimum absolute atomic E-state index is 0.0150. The fourth-order valence-corrected chi connectivity index (χ4v) is 4.89. The van der Waals surface area contributed by atoms with Crippen LogP contribution in [0.5, 0.6) is 0 Å². The maximum atomic E-state index is 13.8. The van der Waals surface area contributed by atoms with Gasteiger partial charge in [-0.05, 0) is 44.0 Å². The molecule has 0 spiro atoms. The van der Waals surface area contributed by atoms with Gasteiger partial charge in [0.25, 0.3) is 0 Å². The molecule has 1 atom stereocenters. The number of sulfonamides is 1. The molecular formula is C20H21FN2O4S. The molecule has 1 heterocycles. The van der Waals surface area contributed by atoms with Crippen molar-refractivity contribution < 1.29 is 22.4 Å². The summed E-state index contributed by atoms with van der Waals surface area (Å²) in [4.78, 5) is 24.1. The van der Waals surface area contributed by atoms with Gasteiger partial charge in [-0.15, -0.1) is 0 Å². The van der Waals surface area contributed by atoms with E-state index in [1.807, 2.05) is 0 Å². The Hall–Kier alpha value is -2.58. The summed E-state index contributed by atoms with van der Waals surface area (Å²) in [7, 11) is -3.93. The highest BCUT2D eigenvalue weighted by Crippen LogP contribution is 2.27. The Morgan fingerprint density at radius 2 is 1.75 bits per heavy atom. The summed E-state index contributed by atoms with van der Waals surface area (Å²) < 4.78 is 41.2. The van der Waals surface area contributed by atoms with Crippen molar-refractivity contribution in [1.82, 2.24) is 4.31 Å². The van der Waals surface area contributed by atoms with Crippen molar-refractivity contribution in [3.63, 3.8) is 0 Å². The van der Waals surface area contributed by atoms with Gasteiger partial charge in [0.2, 0.25) is 15.9 Å². The summed E-state index contributed by atoms with van der Waals surface area (Å²) >= 11 is 0. The van der Waals surface area contributed by atoms with Crippen LogP contribution in [0.1, 0.15) is 36.5 Å². The number of amides is 1. The van der Waals surface area contributed by atoms with Crippen LogP contribution < -0.4 is 5.32 Å². The average Bonchev–Trinajstić information content (AvgIpc) is 2.69. The van der Waals surface area contributed by atoms with E-state index in [2.05, 4.69) is 5.32 Å². The Balaban J connectivity index is 1.86. The Bertz CT molecular complexity index is 990. The molecular weight excluding hydrogens is 383 g/mol. The number of piperidine rings is 1. The van der Waals surface area contributed by atoms with Crippen molar-refractivity contribution >= 4 is 27.4 Å². The summed E-state index contributed by atoms with van der Waals surface area (Å²) in [5.74, 6) is -1.31. The highest BCUT2D eigenvalue weighted by Gasteiger charge is 2.37. The van der Waals surface area contributed by atoms with E-state index in [4.69, 9.17) is 0 Å². The van der Waals surface area contributed by atoms with Crippen LogP contribution in [-0.4, -0.2) is 37.0 Å². The largest absolute Gasteiger partial charge is 0.322 e. The Kier molecular flexibility index (Phi) is 5.90. The molecule has 1 aliphatic rings. The van der Waals surface area contributed by atoms with Gasteiger partial charge in [0.1, 0.15) is 11.9 Å². The number of hydrogen-bond donors (Lipinski definition) is 1. The molecule has 0 radical (unpaired) electrons. The Labute approximate surface area is 163 Å². The fourth-order valence-electron chi connectivity index (χ4n) is 3.23. The second-order valence-electron chi connectivity index (χ2n) is 6.68. The lowest BCUT2D eigenvalue weighted by molar-refractivity contribution is -0.120. The number of ketones is 1. The van der Waals surface area contributed by atoms with Gasteiger partial charge >= 0.3 is 0 Å². The first-order chi connectivity index (χ1) is 13.3. The fraction of sp³-hybridized carbons (Fsp3) is 0.300. The summed E-state index contributed by atoms with van der Waals surface area (Å²) in [5.41, 5.74) is 0.424. The number of carbonyl (C=O) groups is 2. The van der Waals surface area contributed by atoms with Crippen molar-refractivity contribution in [2.24, 2.45) is 0 Å². The van der Waals surface area contributed by atoms with E-state index in [9.17, 15) is 22.4 Å². The van der Waals surface area contributed by atoms with Crippen molar-refractivity contribution in [2.45, 2.75) is 37.1 Å². The number of halogens is 1. The molecule has 148 valence electrons. The van der Waals surface area contributed by atoms with E-state index in [1.165, 1.54) is 49.4 Å². The summed E-state index contributed by atoms with van der Waals surface area (Å²) in [5, 5.41) is 2.49. The molecule has 1 saturated heterocycles. The molecule has 1 unspecified atom stereocenters. The van der Waals surface area contributed by atoms with E-state index in [0.717, 1.165) is 4.31 Å². The van der Waals surface area contributed by atoms with Crippen LogP contribution >= 0.6 is 0 Å². The minimum atomic E-state index is -3.93. The SMILES string of the molecule is CC(=O)c1ccc(S(=O)(=O)N2CCCCC2C(=O)Nc2ccccc2F)cc1. The zero-order valence-corrected chi connectivity index (χ0v) is 16.2. The Morgan fingerprint density at radius 1 is 1.07 bits per heavy atom. The van der Waals surface area contributed by atoms with Crippen molar-refractivity contribution in [3.8, 4) is 0 Å². The molecule has 8 heteroatoms. The maximum Gasteiger partial charge on any atom is 0.243 e. The van der Waals surface area contributed by atoms with Crippen LogP contribution in [-0.2, 0) is 14.8 Å². The third kappa shape index (κ3) is 4.13. The van der Waals surface area contributed by atoms with Crippen molar-refractivity contribution in [3.05, 3.63) is 59.9 Å². The molecule has 1 aliphatic heterocycles. The van der Waals surface area contributed by atoms with Crippen LogP contribution in [0.2, 0.25) is 0 Å². The highest BCUT2D eigenvalue weighted by molar-refractivity contribution is 7.89. The zero-order valence-electron chi connectivity index (χ0n) is 15.4. The number of nitrogens with one attached hydrogen (secondary N) is 1. The number of hydrogen-bond acceptors (Lipinski definition) is 4. The molecule has 0 saturated carbocycles. The standard InChI is InChI=1S/C20H21FN2O4S/c1-14(24)15-9-11-16(12-10-15)28(26,27)23-13-5-4-8-19(23)20(25)22-18-7-3-2-6-17(18)21/h2-3,6-7,9-12,19H,4-5,8,13H2,1H3,(H,22,25). The molecule has 3 rings (SSSR count). The molecule has 0 aromatic heterocycles. The summed E-state index contributed by atoms with van der Waals surface area (Å²) in [6.45, 7) is 1.60. The van der Waals surface area contributed by atoms with Crippen LogP contribution in [0, 0.1) is 5.82 Å². The predicted molar refractivity (Wildman–Crippen MR) is 103 cm³/mol. The van der Waals surface area contributed by atoms with Gasteiger partial charge in [-0.3, -0.25) is 9.59 Å². The lowest BCUT2D eigenvalue weighted by Crippen LogP contribution is -2.49. The van der Waals surface area contributed by atoms with Crippen LogP contribution in [0.4, 0.5) is 10.1 Å². The second-order valence-corrected chi connectivity index (χ2v) is 8.57. The van der Waals surface area contributed by atoms with E-state index in [-0.39, 0.29) is 22.9 Å². The van der Waals surface area contributed by atoms with Crippen molar-refractivity contribution in [1.29, 1.82) is 0 Å². The van der Waals surface area contributed by atoms with Crippen LogP contribution in [0.3, 0.4) is 0 Å². The lowest BCUT2D eigenvalue weighted by atomic mass is 10.0. The quantitative estimate of drug-likeness (QED) is 0.776. The maximum absolute atomic E-state index is 13.8. The van der Waals surface area contributed by atoms with Gasteiger partial charge in [-0.1, -0.05) is 30.7 Å². The number of anilines is 1. The third-order valence-corrected chi connectivity index (χ3v) is 6.68. The number of para-hydroxylation sites is 1.